The Morgan fingerprint density at radius 1 is 1.35 bits per heavy atom. The molecule has 0 spiro atoms. The first kappa shape index (κ1) is 18.5. The summed E-state index contributed by atoms with van der Waals surface area (Å²) in [6, 6.07) is 4.35. The van der Waals surface area contributed by atoms with Crippen molar-refractivity contribution < 1.29 is 27.8 Å². The molecule has 142 valence electrons. The van der Waals surface area contributed by atoms with Crippen molar-refractivity contribution in [2.45, 2.75) is 38.2 Å². The SMILES string of the molecule is CC1C(C(C)(C)[O-])=COC1S(=O)(=O)NC(=O)Nc1cccc2c1OCC2. The molecule has 0 fully saturated rings. The number of rotatable bonds is 4. The van der Waals surface area contributed by atoms with Crippen LogP contribution in [0.4, 0.5) is 10.5 Å². The van der Waals surface area contributed by atoms with Gasteiger partial charge in [0.2, 0.25) is 5.44 Å². The molecule has 0 aromatic heterocycles. The highest BCUT2D eigenvalue weighted by Gasteiger charge is 2.41. The van der Waals surface area contributed by atoms with E-state index in [2.05, 4.69) is 5.32 Å². The van der Waals surface area contributed by atoms with Gasteiger partial charge in [0.05, 0.1) is 18.6 Å². The van der Waals surface area contributed by atoms with Crippen molar-refractivity contribution in [2.24, 2.45) is 5.92 Å². The standard InChI is InChI=1S/C17H21N2O6S/c1-10-12(17(2,3)21)9-25-15(10)26(22,23)19-16(20)18-13-6-4-5-11-7-8-24-14(11)13/h4-6,9-10,15H,7-8H2,1-3H3,(H2,18,19,20)/q-1. The summed E-state index contributed by atoms with van der Waals surface area (Å²) >= 11 is 0. The molecule has 2 atom stereocenters. The highest BCUT2D eigenvalue weighted by molar-refractivity contribution is 7.90. The minimum atomic E-state index is -4.15. The number of ether oxygens (including phenoxy) is 2. The minimum absolute atomic E-state index is 0.336. The molecule has 2 unspecified atom stereocenters. The molecule has 0 bridgehead atoms. The van der Waals surface area contributed by atoms with Gasteiger partial charge < -0.3 is 19.9 Å². The predicted molar refractivity (Wildman–Crippen MR) is 92.9 cm³/mol. The molecule has 2 aliphatic rings. The molecule has 1 aromatic rings. The zero-order chi connectivity index (χ0) is 19.1. The number of para-hydroxylation sites is 1. The van der Waals surface area contributed by atoms with Gasteiger partial charge in [-0.1, -0.05) is 38.5 Å². The first-order valence-electron chi connectivity index (χ1n) is 8.23. The molecular weight excluding hydrogens is 360 g/mol. The number of urea groups is 1. The molecule has 2 N–H and O–H groups in total. The Morgan fingerprint density at radius 3 is 2.73 bits per heavy atom. The highest BCUT2D eigenvalue weighted by atomic mass is 32.2. The number of anilines is 1. The third-order valence-electron chi connectivity index (χ3n) is 4.43. The smallest absolute Gasteiger partial charge is 0.333 e. The molecule has 2 aliphatic heterocycles. The van der Waals surface area contributed by atoms with E-state index in [1.807, 2.05) is 10.8 Å². The van der Waals surface area contributed by atoms with Crippen LogP contribution in [0.3, 0.4) is 0 Å². The molecule has 0 saturated heterocycles. The van der Waals surface area contributed by atoms with Crippen molar-refractivity contribution in [1.82, 2.24) is 4.72 Å². The summed E-state index contributed by atoms with van der Waals surface area (Å²) in [5.74, 6) is -0.125. The molecule has 3 rings (SSSR count). The van der Waals surface area contributed by atoms with Gasteiger partial charge in [-0.25, -0.2) is 17.9 Å². The average molecular weight is 381 g/mol. The monoisotopic (exact) mass is 381 g/mol. The van der Waals surface area contributed by atoms with Crippen LogP contribution in [0.15, 0.2) is 30.0 Å². The minimum Gasteiger partial charge on any atom is -0.847 e. The number of sulfonamides is 1. The zero-order valence-electron chi connectivity index (χ0n) is 14.7. The van der Waals surface area contributed by atoms with Crippen LogP contribution in [0.1, 0.15) is 26.3 Å². The highest BCUT2D eigenvalue weighted by Crippen LogP contribution is 2.35. The summed E-state index contributed by atoms with van der Waals surface area (Å²) in [6.07, 6.45) is 1.91. The van der Waals surface area contributed by atoms with E-state index in [4.69, 9.17) is 9.47 Å². The van der Waals surface area contributed by atoms with Gasteiger partial charge in [0.25, 0.3) is 10.0 Å². The van der Waals surface area contributed by atoms with Gasteiger partial charge in [0, 0.05) is 12.3 Å². The molecule has 0 saturated carbocycles. The number of benzene rings is 1. The molecule has 0 radical (unpaired) electrons. The summed E-state index contributed by atoms with van der Waals surface area (Å²) in [5, 5.41) is 14.6. The maximum Gasteiger partial charge on any atom is 0.333 e. The Kier molecular flexibility index (Phi) is 4.61. The van der Waals surface area contributed by atoms with Crippen LogP contribution >= 0.6 is 0 Å². The fourth-order valence-corrected chi connectivity index (χ4v) is 4.50. The van der Waals surface area contributed by atoms with E-state index >= 15 is 0 Å². The largest absolute Gasteiger partial charge is 0.847 e. The molecule has 0 aliphatic carbocycles. The van der Waals surface area contributed by atoms with Gasteiger partial charge in [-0.05, 0) is 17.2 Å². The van der Waals surface area contributed by atoms with Gasteiger partial charge in [-0.3, -0.25) is 0 Å². The van der Waals surface area contributed by atoms with Crippen LogP contribution in [0.5, 0.6) is 5.75 Å². The van der Waals surface area contributed by atoms with Gasteiger partial charge in [-0.2, -0.15) is 0 Å². The number of carbonyl (C=O) groups excluding carboxylic acids is 1. The first-order valence-corrected chi connectivity index (χ1v) is 9.78. The van der Waals surface area contributed by atoms with Crippen LogP contribution in [-0.4, -0.2) is 32.1 Å². The summed E-state index contributed by atoms with van der Waals surface area (Å²) < 4.78 is 37.6. The maximum atomic E-state index is 12.5. The van der Waals surface area contributed by atoms with Crippen LogP contribution in [-0.2, 0) is 21.2 Å². The van der Waals surface area contributed by atoms with E-state index in [0.29, 0.717) is 23.6 Å². The van der Waals surface area contributed by atoms with Gasteiger partial charge >= 0.3 is 6.03 Å². The lowest BCUT2D eigenvalue weighted by Gasteiger charge is -2.35. The molecular formula is C17H21N2O6S-. The Balaban J connectivity index is 1.69. The molecule has 1 aromatic carbocycles. The van der Waals surface area contributed by atoms with E-state index in [0.717, 1.165) is 12.0 Å². The quantitative estimate of drug-likeness (QED) is 0.806. The lowest BCUT2D eigenvalue weighted by molar-refractivity contribution is -0.451. The maximum absolute atomic E-state index is 12.5. The lowest BCUT2D eigenvalue weighted by atomic mass is 9.90. The summed E-state index contributed by atoms with van der Waals surface area (Å²) in [4.78, 5) is 12.2. The van der Waals surface area contributed by atoms with E-state index in [1.165, 1.54) is 20.1 Å². The molecule has 9 heteroatoms. The first-order chi connectivity index (χ1) is 12.1. The number of nitrogens with one attached hydrogen (secondary N) is 2. The van der Waals surface area contributed by atoms with Crippen molar-refractivity contribution in [3.05, 3.63) is 35.6 Å². The van der Waals surface area contributed by atoms with Gasteiger partial charge in [0.1, 0.15) is 5.75 Å². The van der Waals surface area contributed by atoms with E-state index in [-0.39, 0.29) is 0 Å². The van der Waals surface area contributed by atoms with Crippen LogP contribution in [0, 0.1) is 5.92 Å². The molecule has 26 heavy (non-hydrogen) atoms. The van der Waals surface area contributed by atoms with Crippen molar-refractivity contribution in [3.8, 4) is 5.75 Å². The van der Waals surface area contributed by atoms with Crippen molar-refractivity contribution in [2.75, 3.05) is 11.9 Å². The summed E-state index contributed by atoms with van der Waals surface area (Å²) in [7, 11) is -4.15. The zero-order valence-corrected chi connectivity index (χ0v) is 15.6. The van der Waals surface area contributed by atoms with Crippen LogP contribution < -0.4 is 19.9 Å². The number of hydrogen-bond acceptors (Lipinski definition) is 6. The molecule has 2 amide bonds. The second-order valence-electron chi connectivity index (χ2n) is 6.87. The molecule has 2 heterocycles. The topological polar surface area (TPSA) is 117 Å². The Hall–Kier alpha value is -2.26. The fourth-order valence-electron chi connectivity index (χ4n) is 3.19. The second kappa shape index (κ2) is 6.48. The number of fused-ring (bicyclic) bond motifs is 1. The van der Waals surface area contributed by atoms with Gasteiger partial charge in [0.15, 0.2) is 0 Å². The van der Waals surface area contributed by atoms with E-state index in [1.54, 1.807) is 19.1 Å². The fraction of sp³-hybridized carbons (Fsp3) is 0.471. The summed E-state index contributed by atoms with van der Waals surface area (Å²) in [6.45, 7) is 4.96. The van der Waals surface area contributed by atoms with Gasteiger partial charge in [-0.15, -0.1) is 0 Å². The second-order valence-corrected chi connectivity index (χ2v) is 8.63. The van der Waals surface area contributed by atoms with Crippen LogP contribution in [0.25, 0.3) is 0 Å². The number of carbonyl (C=O) groups is 1. The molecule has 8 nitrogen and oxygen atoms in total. The average Bonchev–Trinajstić information content (AvgIpc) is 3.12. The number of amides is 2. The Bertz CT molecular complexity index is 856. The Labute approximate surface area is 152 Å². The van der Waals surface area contributed by atoms with E-state index in [9.17, 15) is 18.3 Å². The summed E-state index contributed by atoms with van der Waals surface area (Å²) in [5.41, 5.74) is -1.12. The number of hydrogen-bond donors (Lipinski definition) is 2. The van der Waals surface area contributed by atoms with Crippen molar-refractivity contribution in [3.63, 3.8) is 0 Å². The predicted octanol–water partition coefficient (Wildman–Crippen LogP) is 1.09. The Morgan fingerprint density at radius 2 is 2.08 bits per heavy atom. The van der Waals surface area contributed by atoms with Crippen molar-refractivity contribution >= 4 is 21.7 Å². The lowest BCUT2D eigenvalue weighted by Crippen LogP contribution is -2.46. The van der Waals surface area contributed by atoms with Crippen molar-refractivity contribution in [1.29, 1.82) is 0 Å². The van der Waals surface area contributed by atoms with Crippen LogP contribution in [0.2, 0.25) is 0 Å². The van der Waals surface area contributed by atoms with E-state index < -0.39 is 33.0 Å². The third kappa shape index (κ3) is 3.49. The normalized spacial score (nSPS) is 22.1. The third-order valence-corrected chi connectivity index (χ3v) is 6.03.